The Morgan fingerprint density at radius 2 is 1.65 bits per heavy atom. The normalized spacial score (nSPS) is 11.3. The first-order valence-electron chi connectivity index (χ1n) is 15.4. The smallest absolute Gasteiger partial charge is 0.337 e. The molecule has 0 fully saturated rings. The van der Waals surface area contributed by atoms with Crippen molar-refractivity contribution >= 4 is 33.3 Å². The fraction of sp³-hybridized carbons (Fsp3) is 0.222. The lowest BCUT2D eigenvalue weighted by Crippen LogP contribution is -2.30. The molecule has 4 aromatic carbocycles. The van der Waals surface area contributed by atoms with Crippen molar-refractivity contribution in [3.63, 3.8) is 0 Å². The van der Waals surface area contributed by atoms with Gasteiger partial charge in [0.25, 0.3) is 21.8 Å². The number of aromatic nitrogens is 2. The Morgan fingerprint density at radius 3 is 2.40 bits per heavy atom. The van der Waals surface area contributed by atoms with E-state index in [9.17, 15) is 18.0 Å². The van der Waals surface area contributed by atoms with Crippen LogP contribution in [0.4, 0.5) is 11.4 Å². The van der Waals surface area contributed by atoms with Crippen molar-refractivity contribution in [3.05, 3.63) is 114 Å². The van der Waals surface area contributed by atoms with Crippen molar-refractivity contribution < 1.29 is 27.3 Å². The van der Waals surface area contributed by atoms with Crippen molar-refractivity contribution in [1.29, 1.82) is 0 Å². The zero-order valence-electron chi connectivity index (χ0n) is 27.1. The van der Waals surface area contributed by atoms with E-state index in [1.54, 1.807) is 42.5 Å². The zero-order chi connectivity index (χ0) is 34.3. The number of hydrogen-bond donors (Lipinski definition) is 2. The molecule has 1 aromatic heterocycles. The quantitative estimate of drug-likeness (QED) is 0.135. The average Bonchev–Trinajstić information content (AvgIpc) is 3.60. The van der Waals surface area contributed by atoms with Crippen LogP contribution in [0.15, 0.2) is 106 Å². The molecule has 0 aliphatic carbocycles. The van der Waals surface area contributed by atoms with Gasteiger partial charge in [0.2, 0.25) is 5.82 Å². The molecule has 0 aliphatic rings. The van der Waals surface area contributed by atoms with Gasteiger partial charge in [-0.1, -0.05) is 55.4 Å². The molecule has 1 heterocycles. The fourth-order valence-corrected chi connectivity index (χ4v) is 5.93. The highest BCUT2D eigenvalue weighted by Crippen LogP contribution is 2.32. The second-order valence-corrected chi connectivity index (χ2v) is 13.3. The van der Waals surface area contributed by atoms with Crippen LogP contribution in [0.25, 0.3) is 22.8 Å². The summed E-state index contributed by atoms with van der Waals surface area (Å²) in [4.78, 5) is 31.7. The van der Waals surface area contributed by atoms with Crippen molar-refractivity contribution in [2.24, 2.45) is 5.92 Å². The molecule has 248 valence electrons. The van der Waals surface area contributed by atoms with E-state index < -0.39 is 21.9 Å². The van der Waals surface area contributed by atoms with E-state index in [0.717, 1.165) is 29.9 Å². The van der Waals surface area contributed by atoms with E-state index in [0.29, 0.717) is 35.0 Å². The third kappa shape index (κ3) is 8.26. The fourth-order valence-electron chi connectivity index (χ4n) is 4.94. The molecule has 0 radical (unpaired) electrons. The van der Waals surface area contributed by atoms with Crippen LogP contribution >= 0.6 is 0 Å². The van der Waals surface area contributed by atoms with Crippen molar-refractivity contribution in [2.45, 2.75) is 31.7 Å². The van der Waals surface area contributed by atoms with Gasteiger partial charge in [0.15, 0.2) is 0 Å². The second kappa shape index (κ2) is 14.9. The highest BCUT2D eigenvalue weighted by Gasteiger charge is 2.20. The number of sulfonamides is 1. The van der Waals surface area contributed by atoms with Crippen LogP contribution in [0.5, 0.6) is 0 Å². The van der Waals surface area contributed by atoms with E-state index in [1.807, 2.05) is 37.4 Å². The van der Waals surface area contributed by atoms with Crippen LogP contribution in [0.2, 0.25) is 0 Å². The largest absolute Gasteiger partial charge is 0.465 e. The minimum Gasteiger partial charge on any atom is -0.465 e. The molecule has 1 amide bonds. The van der Waals surface area contributed by atoms with Crippen molar-refractivity contribution in [3.8, 4) is 22.8 Å². The third-order valence-corrected chi connectivity index (χ3v) is 8.96. The van der Waals surface area contributed by atoms with E-state index in [1.165, 1.54) is 31.4 Å². The highest BCUT2D eigenvalue weighted by atomic mass is 32.2. The molecule has 0 unspecified atom stereocenters. The summed E-state index contributed by atoms with van der Waals surface area (Å²) in [6.45, 7) is 5.68. The van der Waals surface area contributed by atoms with Crippen LogP contribution < -0.4 is 14.9 Å². The molecule has 48 heavy (non-hydrogen) atoms. The van der Waals surface area contributed by atoms with Gasteiger partial charge in [-0.15, -0.1) is 0 Å². The first kappa shape index (κ1) is 33.9. The topological polar surface area (TPSA) is 144 Å². The number of benzene rings is 4. The van der Waals surface area contributed by atoms with Crippen LogP contribution in [0.1, 0.15) is 46.5 Å². The van der Waals surface area contributed by atoms with Gasteiger partial charge in [-0.05, 0) is 78.6 Å². The van der Waals surface area contributed by atoms with Gasteiger partial charge in [0.1, 0.15) is 0 Å². The number of carbonyl (C=O) groups excluding carboxylic acids is 2. The Labute approximate surface area is 280 Å². The summed E-state index contributed by atoms with van der Waals surface area (Å²) >= 11 is 0. The number of nitrogens with zero attached hydrogens (tertiary/aromatic N) is 3. The lowest BCUT2D eigenvalue weighted by atomic mass is 10.1. The highest BCUT2D eigenvalue weighted by molar-refractivity contribution is 7.90. The summed E-state index contributed by atoms with van der Waals surface area (Å²) in [5.74, 6) is -0.147. The molecular formula is C36H37N5O6S. The second-order valence-electron chi connectivity index (χ2n) is 11.6. The van der Waals surface area contributed by atoms with Crippen LogP contribution in [0.3, 0.4) is 0 Å². The summed E-state index contributed by atoms with van der Waals surface area (Å²) in [7, 11) is -0.651. The molecule has 0 aliphatic heterocycles. The Balaban J connectivity index is 1.39. The molecule has 0 bridgehead atoms. The minimum absolute atomic E-state index is 0.0169. The third-order valence-electron chi connectivity index (χ3n) is 7.62. The number of hydrogen-bond acceptors (Lipinski definition) is 10. The molecule has 5 aromatic rings. The van der Waals surface area contributed by atoms with Gasteiger partial charge in [0.05, 0.1) is 28.9 Å². The molecule has 0 atom stereocenters. The summed E-state index contributed by atoms with van der Waals surface area (Å²) < 4.78 is 37.9. The number of methoxy groups -OCH3 is 1. The maximum absolute atomic E-state index is 12.9. The lowest BCUT2D eigenvalue weighted by Gasteiger charge is -2.24. The Morgan fingerprint density at radius 1 is 0.896 bits per heavy atom. The number of nitrogens with one attached hydrogen (secondary N) is 2. The molecule has 0 saturated carbocycles. The van der Waals surface area contributed by atoms with E-state index in [-0.39, 0.29) is 16.3 Å². The lowest BCUT2D eigenvalue weighted by molar-refractivity contribution is 0.0600. The molecule has 2 N–H and O–H groups in total. The number of amides is 1. The average molecular weight is 668 g/mol. The van der Waals surface area contributed by atoms with Crippen molar-refractivity contribution in [2.75, 3.05) is 30.9 Å². The van der Waals surface area contributed by atoms with Crippen LogP contribution in [0, 0.1) is 5.92 Å². The first-order valence-corrected chi connectivity index (χ1v) is 16.9. The summed E-state index contributed by atoms with van der Waals surface area (Å²) in [6.07, 6.45) is 1.02. The molecule has 12 heteroatoms. The van der Waals surface area contributed by atoms with Crippen LogP contribution in [-0.2, 0) is 21.3 Å². The van der Waals surface area contributed by atoms with Gasteiger partial charge >= 0.3 is 5.97 Å². The van der Waals surface area contributed by atoms with E-state index in [2.05, 4.69) is 38.9 Å². The van der Waals surface area contributed by atoms with Crippen molar-refractivity contribution in [1.82, 2.24) is 14.9 Å². The molecule has 5 rings (SSSR count). The Kier molecular flexibility index (Phi) is 10.5. The molecule has 0 saturated heterocycles. The van der Waals surface area contributed by atoms with Gasteiger partial charge in [-0.3, -0.25) is 4.79 Å². The number of ether oxygens (including phenoxy) is 1. The first-order chi connectivity index (χ1) is 23.0. The number of carbonyl (C=O) groups is 2. The maximum Gasteiger partial charge on any atom is 0.337 e. The standard InChI is InChI=1S/C36H37N5O6S/c1-24(2)18-19-41(3)32-17-16-26(22-31(32)37-23-25-10-8-13-29(20-25)36(43)46-4)33-38-35(47-39-33)28-12-9-11-27(21-28)34(42)40-48(44,45)30-14-6-5-7-15-30/h5-17,20-22,24,37H,18-19,23H2,1-4H3,(H,40,42). The van der Waals surface area contributed by atoms with Gasteiger partial charge in [-0.2, -0.15) is 4.98 Å². The zero-order valence-corrected chi connectivity index (χ0v) is 28.0. The predicted octanol–water partition coefficient (Wildman–Crippen LogP) is 6.40. The van der Waals surface area contributed by atoms with Gasteiger partial charge in [0, 0.05) is 36.8 Å². The van der Waals surface area contributed by atoms with E-state index >= 15 is 0 Å². The monoisotopic (exact) mass is 667 g/mol. The predicted molar refractivity (Wildman–Crippen MR) is 184 cm³/mol. The summed E-state index contributed by atoms with van der Waals surface area (Å²) in [5.41, 5.74) is 4.46. The number of esters is 1. The summed E-state index contributed by atoms with van der Waals surface area (Å²) in [5, 5.41) is 7.70. The number of anilines is 2. The molecule has 0 spiro atoms. The van der Waals surface area contributed by atoms with Gasteiger partial charge in [-0.25, -0.2) is 17.9 Å². The van der Waals surface area contributed by atoms with Gasteiger partial charge < -0.3 is 19.5 Å². The molecular weight excluding hydrogens is 630 g/mol. The van der Waals surface area contributed by atoms with Crippen LogP contribution in [-0.4, -0.2) is 51.1 Å². The van der Waals surface area contributed by atoms with E-state index in [4.69, 9.17) is 9.26 Å². The maximum atomic E-state index is 12.9. The summed E-state index contributed by atoms with van der Waals surface area (Å²) in [6, 6.07) is 27.1. The SMILES string of the molecule is COC(=O)c1cccc(CNc2cc(-c3noc(-c4cccc(C(=O)NS(=O)(=O)c5ccccc5)c4)n3)ccc2N(C)CCC(C)C)c1. The Hall–Kier alpha value is -5.49. The Bertz CT molecular complexity index is 2010. The minimum atomic E-state index is -4.05. The molecule has 11 nitrogen and oxygen atoms in total. The number of rotatable bonds is 13.